The number of rotatable bonds is 7. The molecule has 0 atom stereocenters. The van der Waals surface area contributed by atoms with E-state index in [4.69, 9.17) is 14.2 Å². The van der Waals surface area contributed by atoms with E-state index in [0.717, 1.165) is 27.9 Å². The van der Waals surface area contributed by atoms with Crippen LogP contribution in [0.3, 0.4) is 0 Å². The van der Waals surface area contributed by atoms with E-state index in [1.54, 1.807) is 20.8 Å². The molecule has 0 aromatic heterocycles. The number of carbonyl (C=O) groups excluding carboxylic acids is 2. The summed E-state index contributed by atoms with van der Waals surface area (Å²) >= 11 is 0. The van der Waals surface area contributed by atoms with Gasteiger partial charge in [-0.2, -0.15) is 0 Å². The van der Waals surface area contributed by atoms with Crippen LogP contribution in [0.5, 0.6) is 17.2 Å². The monoisotopic (exact) mass is 695 g/mol. The number of nitrogens with zero attached hydrogens (tertiary/aromatic N) is 1. The minimum absolute atomic E-state index is 0.0198. The normalized spacial score (nSPS) is 16.8. The highest BCUT2D eigenvalue weighted by Crippen LogP contribution is 2.63. The Morgan fingerprint density at radius 2 is 1.29 bits per heavy atom. The molecular formula is C41H33F4NO5. The molecule has 0 saturated carbocycles. The molecule has 0 saturated heterocycles. The Morgan fingerprint density at radius 1 is 0.745 bits per heavy atom. The van der Waals surface area contributed by atoms with Crippen LogP contribution in [0.15, 0.2) is 91.0 Å². The molecule has 0 heterocycles. The molecule has 260 valence electrons. The van der Waals surface area contributed by atoms with Gasteiger partial charge in [-0.15, -0.1) is 0 Å². The molecule has 6 nitrogen and oxygen atoms in total. The standard InChI is InChI=1S/C41H33F4NO5/c1-40(2,3)39(48)51-30-18-19-31(50-38(47)34-36(44)28(42)20-29(43)37(34)45)35-33(30)32-24-10-6-8-12-26(24)41(35,27-13-9-7-11-25(27)32)21-49-23-16-14-22(15-17-23)46(4)5/h6-20,32H,21H2,1-5H3. The molecule has 2 bridgehead atoms. The van der Waals surface area contributed by atoms with Crippen molar-refractivity contribution < 1.29 is 41.4 Å². The van der Waals surface area contributed by atoms with E-state index in [1.807, 2.05) is 91.8 Å². The molecule has 0 fully saturated rings. The highest BCUT2D eigenvalue weighted by atomic mass is 19.2. The lowest BCUT2D eigenvalue weighted by molar-refractivity contribution is -0.143. The molecule has 3 aliphatic rings. The van der Waals surface area contributed by atoms with Crippen molar-refractivity contribution in [3.63, 3.8) is 0 Å². The molecule has 0 spiro atoms. The van der Waals surface area contributed by atoms with E-state index in [1.165, 1.54) is 12.1 Å². The first-order chi connectivity index (χ1) is 24.2. The van der Waals surface area contributed by atoms with Crippen molar-refractivity contribution in [2.24, 2.45) is 5.41 Å². The second-order valence-corrected chi connectivity index (χ2v) is 13.9. The van der Waals surface area contributed by atoms with Crippen LogP contribution in [0.25, 0.3) is 0 Å². The lowest BCUT2D eigenvalue weighted by atomic mass is 9.53. The van der Waals surface area contributed by atoms with E-state index in [2.05, 4.69) is 0 Å². The van der Waals surface area contributed by atoms with Gasteiger partial charge in [-0.05, 0) is 79.4 Å². The second kappa shape index (κ2) is 12.3. The highest BCUT2D eigenvalue weighted by molar-refractivity contribution is 5.92. The van der Waals surface area contributed by atoms with Crippen molar-refractivity contribution in [3.05, 3.63) is 153 Å². The summed E-state index contributed by atoms with van der Waals surface area (Å²) in [6.07, 6.45) is 0. The van der Waals surface area contributed by atoms with Crippen LogP contribution in [0, 0.1) is 28.7 Å². The van der Waals surface area contributed by atoms with Crippen LogP contribution in [0.4, 0.5) is 23.2 Å². The van der Waals surface area contributed by atoms with Gasteiger partial charge < -0.3 is 19.1 Å². The number of benzene rings is 5. The third-order valence-corrected chi connectivity index (χ3v) is 9.49. The predicted molar refractivity (Wildman–Crippen MR) is 183 cm³/mol. The molecule has 5 aromatic carbocycles. The minimum Gasteiger partial charge on any atom is -0.492 e. The molecule has 0 aliphatic heterocycles. The number of hydrogen-bond donors (Lipinski definition) is 0. The number of carbonyl (C=O) groups is 2. The average Bonchev–Trinajstić information content (AvgIpc) is 3.10. The number of ether oxygens (including phenoxy) is 3. The summed E-state index contributed by atoms with van der Waals surface area (Å²) in [6.45, 7) is 5.09. The smallest absolute Gasteiger partial charge is 0.349 e. The Morgan fingerprint density at radius 3 is 1.84 bits per heavy atom. The molecule has 5 aromatic rings. The van der Waals surface area contributed by atoms with Crippen LogP contribution in [0.2, 0.25) is 0 Å². The maximum atomic E-state index is 14.9. The Kier molecular flexibility index (Phi) is 8.16. The Bertz CT molecular complexity index is 2150. The van der Waals surface area contributed by atoms with Crippen LogP contribution in [0.1, 0.15) is 70.4 Å². The molecule has 51 heavy (non-hydrogen) atoms. The molecular weight excluding hydrogens is 662 g/mol. The van der Waals surface area contributed by atoms with Gasteiger partial charge in [-0.25, -0.2) is 22.4 Å². The van der Waals surface area contributed by atoms with Gasteiger partial charge in [0.1, 0.15) is 29.4 Å². The topological polar surface area (TPSA) is 65.1 Å². The molecule has 10 heteroatoms. The molecule has 8 rings (SSSR count). The third kappa shape index (κ3) is 5.40. The molecule has 0 unspecified atom stereocenters. The second-order valence-electron chi connectivity index (χ2n) is 13.9. The molecule has 0 amide bonds. The predicted octanol–water partition coefficient (Wildman–Crippen LogP) is 8.70. The van der Waals surface area contributed by atoms with Gasteiger partial charge in [0, 0.05) is 42.9 Å². The fourth-order valence-electron chi connectivity index (χ4n) is 7.07. The van der Waals surface area contributed by atoms with Gasteiger partial charge >= 0.3 is 11.9 Å². The number of esters is 2. The summed E-state index contributed by atoms with van der Waals surface area (Å²) in [5.41, 5.74) is 1.50. The Hall–Kier alpha value is -5.64. The summed E-state index contributed by atoms with van der Waals surface area (Å²) in [6, 6.07) is 25.6. The fourth-order valence-corrected chi connectivity index (χ4v) is 7.07. The zero-order chi connectivity index (χ0) is 36.4. The first-order valence-electron chi connectivity index (χ1n) is 16.3. The van der Waals surface area contributed by atoms with Crippen LogP contribution >= 0.6 is 0 Å². The van der Waals surface area contributed by atoms with E-state index < -0.39 is 57.5 Å². The maximum Gasteiger partial charge on any atom is 0.349 e. The van der Waals surface area contributed by atoms with Crippen LogP contribution < -0.4 is 19.1 Å². The summed E-state index contributed by atoms with van der Waals surface area (Å²) < 4.78 is 76.7. The number of halogens is 4. The van der Waals surface area contributed by atoms with E-state index in [9.17, 15) is 27.2 Å². The van der Waals surface area contributed by atoms with Gasteiger partial charge in [0.25, 0.3) is 0 Å². The summed E-state index contributed by atoms with van der Waals surface area (Å²) in [5, 5.41) is 0. The van der Waals surface area contributed by atoms with E-state index >= 15 is 0 Å². The highest BCUT2D eigenvalue weighted by Gasteiger charge is 2.55. The minimum atomic E-state index is -1.89. The van der Waals surface area contributed by atoms with Crippen molar-refractivity contribution in [1.82, 2.24) is 0 Å². The van der Waals surface area contributed by atoms with E-state index in [0.29, 0.717) is 16.9 Å². The van der Waals surface area contributed by atoms with Crippen LogP contribution in [-0.2, 0) is 10.2 Å². The largest absolute Gasteiger partial charge is 0.492 e. The molecule has 0 N–H and O–H groups in total. The third-order valence-electron chi connectivity index (χ3n) is 9.49. The van der Waals surface area contributed by atoms with Gasteiger partial charge in [-0.3, -0.25) is 4.79 Å². The first kappa shape index (κ1) is 33.8. The quantitative estimate of drug-likeness (QED) is 0.0735. The van der Waals surface area contributed by atoms with Gasteiger partial charge in [0.05, 0.1) is 10.8 Å². The zero-order valence-electron chi connectivity index (χ0n) is 28.4. The maximum absolute atomic E-state index is 14.9. The van der Waals surface area contributed by atoms with Crippen molar-refractivity contribution in [1.29, 1.82) is 0 Å². The average molecular weight is 696 g/mol. The van der Waals surface area contributed by atoms with Crippen LogP contribution in [-0.4, -0.2) is 32.6 Å². The van der Waals surface area contributed by atoms with Crippen molar-refractivity contribution >= 4 is 17.6 Å². The number of anilines is 1. The van der Waals surface area contributed by atoms with Crippen molar-refractivity contribution in [2.45, 2.75) is 32.1 Å². The summed E-state index contributed by atoms with van der Waals surface area (Å²) in [5.74, 6) is -9.42. The van der Waals surface area contributed by atoms with Crippen molar-refractivity contribution in [2.75, 3.05) is 25.6 Å². The Labute approximate surface area is 292 Å². The lowest BCUT2D eigenvalue weighted by Gasteiger charge is -2.50. The van der Waals surface area contributed by atoms with Crippen molar-refractivity contribution in [3.8, 4) is 17.2 Å². The summed E-state index contributed by atoms with van der Waals surface area (Å²) in [4.78, 5) is 28.9. The fraction of sp³-hybridized carbons (Fsp3) is 0.220. The molecule has 0 radical (unpaired) electrons. The summed E-state index contributed by atoms with van der Waals surface area (Å²) in [7, 11) is 3.84. The molecule has 3 aliphatic carbocycles. The SMILES string of the molecule is CN(C)c1ccc(OCC23c4ccccc4C(c4ccccc42)c2c(OC(=O)C(C)(C)C)ccc(OC(=O)c4c(F)c(F)cc(F)c4F)c23)cc1. The van der Waals surface area contributed by atoms with E-state index in [-0.39, 0.29) is 24.2 Å². The van der Waals surface area contributed by atoms with Gasteiger partial charge in [0.15, 0.2) is 23.3 Å². The zero-order valence-corrected chi connectivity index (χ0v) is 28.4. The first-order valence-corrected chi connectivity index (χ1v) is 16.3. The van der Waals surface area contributed by atoms with Gasteiger partial charge in [0.2, 0.25) is 0 Å². The van der Waals surface area contributed by atoms with Gasteiger partial charge in [-0.1, -0.05) is 48.5 Å². The lowest BCUT2D eigenvalue weighted by Crippen LogP contribution is -2.47. The Balaban J connectivity index is 1.48. The number of hydrogen-bond acceptors (Lipinski definition) is 6.